The van der Waals surface area contributed by atoms with E-state index in [1.165, 1.54) is 0 Å². The first-order valence-corrected chi connectivity index (χ1v) is 6.91. The zero-order valence-corrected chi connectivity index (χ0v) is 12.3. The van der Waals surface area contributed by atoms with Crippen LogP contribution in [0.15, 0.2) is 30.3 Å². The van der Waals surface area contributed by atoms with Crippen LogP contribution in [-0.4, -0.2) is 16.5 Å². The van der Waals surface area contributed by atoms with Crippen LogP contribution in [0.5, 0.6) is 5.75 Å². The monoisotopic (exact) mass is 271 g/mol. The van der Waals surface area contributed by atoms with Crippen LogP contribution in [0.1, 0.15) is 29.7 Å². The molecule has 106 valence electrons. The number of hydrogen-bond acceptors (Lipinski definition) is 4. The molecule has 1 N–H and O–H groups in total. The zero-order chi connectivity index (χ0) is 14.4. The second kappa shape index (κ2) is 7.01. The van der Waals surface area contributed by atoms with Crippen LogP contribution in [0, 0.1) is 13.8 Å². The Morgan fingerprint density at radius 3 is 2.60 bits per heavy atom. The van der Waals surface area contributed by atoms with Crippen molar-refractivity contribution in [3.8, 4) is 5.75 Å². The normalized spacial score (nSPS) is 10.6. The van der Waals surface area contributed by atoms with Crippen molar-refractivity contribution < 1.29 is 4.74 Å². The minimum absolute atomic E-state index is 0.464. The average molecular weight is 271 g/mol. The fourth-order valence-corrected chi connectivity index (χ4v) is 1.93. The number of aromatic nitrogens is 2. The smallest absolute Gasteiger partial charge is 0.142 e. The molecule has 0 spiro atoms. The van der Waals surface area contributed by atoms with E-state index in [0.717, 1.165) is 41.6 Å². The van der Waals surface area contributed by atoms with Gasteiger partial charge in [-0.15, -0.1) is 0 Å². The number of nitrogens with zero attached hydrogens (tertiary/aromatic N) is 2. The molecule has 0 aliphatic rings. The van der Waals surface area contributed by atoms with Crippen LogP contribution in [0.25, 0.3) is 0 Å². The van der Waals surface area contributed by atoms with Crippen molar-refractivity contribution in [2.75, 3.05) is 6.54 Å². The van der Waals surface area contributed by atoms with Crippen LogP contribution >= 0.6 is 0 Å². The Kier molecular flexibility index (Phi) is 5.07. The summed E-state index contributed by atoms with van der Waals surface area (Å²) in [6.45, 7) is 8.14. The first-order chi connectivity index (χ1) is 9.69. The number of ether oxygens (including phenoxy) is 1. The van der Waals surface area contributed by atoms with E-state index in [-0.39, 0.29) is 0 Å². The maximum absolute atomic E-state index is 5.87. The molecule has 2 aromatic heterocycles. The predicted octanol–water partition coefficient (Wildman–Crippen LogP) is 2.78. The first-order valence-electron chi connectivity index (χ1n) is 6.91. The summed E-state index contributed by atoms with van der Waals surface area (Å²) in [7, 11) is 0. The van der Waals surface area contributed by atoms with E-state index in [0.29, 0.717) is 6.61 Å². The van der Waals surface area contributed by atoms with Crippen molar-refractivity contribution in [1.82, 2.24) is 15.3 Å². The van der Waals surface area contributed by atoms with Gasteiger partial charge in [0.25, 0.3) is 0 Å². The number of rotatable bonds is 6. The highest BCUT2D eigenvalue weighted by molar-refractivity contribution is 5.29. The molecule has 0 atom stereocenters. The topological polar surface area (TPSA) is 47.0 Å². The molecule has 2 heterocycles. The van der Waals surface area contributed by atoms with Gasteiger partial charge in [0, 0.05) is 17.9 Å². The molecule has 0 aromatic carbocycles. The third kappa shape index (κ3) is 4.03. The van der Waals surface area contributed by atoms with E-state index in [1.54, 1.807) is 0 Å². The van der Waals surface area contributed by atoms with Crippen LogP contribution in [0.2, 0.25) is 0 Å². The molecule has 2 aromatic rings. The van der Waals surface area contributed by atoms with Gasteiger partial charge in [0.1, 0.15) is 12.4 Å². The van der Waals surface area contributed by atoms with E-state index in [4.69, 9.17) is 4.74 Å². The van der Waals surface area contributed by atoms with Gasteiger partial charge in [-0.1, -0.05) is 13.0 Å². The highest BCUT2D eigenvalue weighted by Gasteiger charge is 2.06. The third-order valence-corrected chi connectivity index (χ3v) is 2.94. The fraction of sp³-hybridized carbons (Fsp3) is 0.375. The highest BCUT2D eigenvalue weighted by atomic mass is 16.5. The molecule has 0 radical (unpaired) electrons. The molecular weight excluding hydrogens is 250 g/mol. The van der Waals surface area contributed by atoms with Gasteiger partial charge < -0.3 is 10.1 Å². The molecular formula is C16H21N3O. The van der Waals surface area contributed by atoms with Gasteiger partial charge >= 0.3 is 0 Å². The van der Waals surface area contributed by atoms with Gasteiger partial charge in [-0.05, 0) is 44.7 Å². The Morgan fingerprint density at radius 2 is 1.85 bits per heavy atom. The molecule has 0 bridgehead atoms. The van der Waals surface area contributed by atoms with Gasteiger partial charge in [-0.25, -0.2) is 0 Å². The van der Waals surface area contributed by atoms with E-state index < -0.39 is 0 Å². The number of pyridine rings is 2. The molecule has 0 saturated carbocycles. The van der Waals surface area contributed by atoms with Crippen molar-refractivity contribution in [2.24, 2.45) is 0 Å². The molecule has 0 saturated heterocycles. The van der Waals surface area contributed by atoms with Gasteiger partial charge in [0.15, 0.2) is 0 Å². The molecule has 0 fully saturated rings. The van der Waals surface area contributed by atoms with Crippen molar-refractivity contribution in [3.63, 3.8) is 0 Å². The molecule has 0 unspecified atom stereocenters. The number of nitrogens with one attached hydrogen (secondary N) is 1. The zero-order valence-electron chi connectivity index (χ0n) is 12.3. The summed E-state index contributed by atoms with van der Waals surface area (Å²) in [5, 5.41) is 3.28. The van der Waals surface area contributed by atoms with E-state index in [9.17, 15) is 0 Å². The largest absolute Gasteiger partial charge is 0.485 e. The van der Waals surface area contributed by atoms with Gasteiger partial charge in [-0.3, -0.25) is 9.97 Å². The second-order valence-corrected chi connectivity index (χ2v) is 4.74. The summed E-state index contributed by atoms with van der Waals surface area (Å²) in [6, 6.07) is 9.89. The van der Waals surface area contributed by atoms with Crippen LogP contribution < -0.4 is 10.1 Å². The van der Waals surface area contributed by atoms with Gasteiger partial charge in [0.05, 0.1) is 11.4 Å². The lowest BCUT2D eigenvalue weighted by molar-refractivity contribution is 0.295. The van der Waals surface area contributed by atoms with E-state index >= 15 is 0 Å². The molecule has 4 heteroatoms. The second-order valence-electron chi connectivity index (χ2n) is 4.74. The summed E-state index contributed by atoms with van der Waals surface area (Å²) in [6.07, 6.45) is 0. The Labute approximate surface area is 120 Å². The summed E-state index contributed by atoms with van der Waals surface area (Å²) < 4.78 is 5.87. The highest BCUT2D eigenvalue weighted by Crippen LogP contribution is 2.18. The first kappa shape index (κ1) is 14.5. The Morgan fingerprint density at radius 1 is 1.05 bits per heavy atom. The van der Waals surface area contributed by atoms with Crippen LogP contribution in [0.4, 0.5) is 0 Å². The molecule has 0 aliphatic heterocycles. The molecule has 20 heavy (non-hydrogen) atoms. The summed E-state index contributed by atoms with van der Waals surface area (Å²) in [5.74, 6) is 0.819. The maximum Gasteiger partial charge on any atom is 0.142 e. The van der Waals surface area contributed by atoms with Gasteiger partial charge in [-0.2, -0.15) is 0 Å². The summed E-state index contributed by atoms with van der Waals surface area (Å²) in [4.78, 5) is 8.97. The third-order valence-electron chi connectivity index (χ3n) is 2.94. The summed E-state index contributed by atoms with van der Waals surface area (Å²) >= 11 is 0. The van der Waals surface area contributed by atoms with Gasteiger partial charge in [0.2, 0.25) is 0 Å². The average Bonchev–Trinajstić information content (AvgIpc) is 2.44. The molecule has 4 nitrogen and oxygen atoms in total. The lowest BCUT2D eigenvalue weighted by Gasteiger charge is -2.11. The Balaban J connectivity index is 2.08. The van der Waals surface area contributed by atoms with E-state index in [1.807, 2.05) is 44.2 Å². The fourth-order valence-electron chi connectivity index (χ4n) is 1.93. The number of hydrogen-bond donors (Lipinski definition) is 1. The Hall–Kier alpha value is -1.94. The lowest BCUT2D eigenvalue weighted by atomic mass is 10.2. The van der Waals surface area contributed by atoms with E-state index in [2.05, 4.69) is 22.2 Å². The molecule has 0 amide bonds. The minimum atomic E-state index is 0.464. The number of aryl methyl sites for hydroxylation is 2. The SMILES string of the molecule is CCNCc1nc(C)ccc1OCc1cccc(C)n1. The van der Waals surface area contributed by atoms with Crippen LogP contribution in [0.3, 0.4) is 0 Å². The standard InChI is InChI=1S/C16H21N3O/c1-4-17-10-15-16(9-8-13(3)19-15)20-11-14-7-5-6-12(2)18-14/h5-9,17H,4,10-11H2,1-3H3. The Bertz CT molecular complexity index is 569. The molecule has 2 rings (SSSR count). The van der Waals surface area contributed by atoms with Crippen molar-refractivity contribution in [3.05, 3.63) is 53.1 Å². The van der Waals surface area contributed by atoms with Crippen molar-refractivity contribution in [2.45, 2.75) is 33.9 Å². The minimum Gasteiger partial charge on any atom is -0.485 e. The summed E-state index contributed by atoms with van der Waals surface area (Å²) in [5.41, 5.74) is 3.87. The van der Waals surface area contributed by atoms with Crippen molar-refractivity contribution in [1.29, 1.82) is 0 Å². The van der Waals surface area contributed by atoms with Crippen molar-refractivity contribution >= 4 is 0 Å². The maximum atomic E-state index is 5.87. The molecule has 0 aliphatic carbocycles. The lowest BCUT2D eigenvalue weighted by Crippen LogP contribution is -2.14. The quantitative estimate of drug-likeness (QED) is 0.877. The van der Waals surface area contributed by atoms with Crippen LogP contribution in [-0.2, 0) is 13.2 Å². The predicted molar refractivity (Wildman–Crippen MR) is 79.7 cm³/mol.